The molecule has 3 heteroatoms. The lowest BCUT2D eigenvalue weighted by molar-refractivity contribution is -0.114. The van der Waals surface area contributed by atoms with Crippen LogP contribution in [0.4, 0.5) is 0 Å². The fraction of sp³-hybridized carbons (Fsp3) is 0.250. The van der Waals surface area contributed by atoms with Gasteiger partial charge in [0.1, 0.15) is 11.5 Å². The molecule has 78 valence electrons. The van der Waals surface area contributed by atoms with Gasteiger partial charge in [0.15, 0.2) is 5.78 Å². The van der Waals surface area contributed by atoms with E-state index < -0.39 is 0 Å². The van der Waals surface area contributed by atoms with Gasteiger partial charge in [0.2, 0.25) is 0 Å². The third kappa shape index (κ3) is 1.61. The molecule has 3 nitrogen and oxygen atoms in total. The molecule has 15 heavy (non-hydrogen) atoms. The minimum Gasteiger partial charge on any atom is -0.508 e. The Bertz CT molecular complexity index is 458. The van der Waals surface area contributed by atoms with Crippen LogP contribution >= 0.6 is 0 Å². The number of phenols is 2. The van der Waals surface area contributed by atoms with Gasteiger partial charge in [-0.25, -0.2) is 0 Å². The van der Waals surface area contributed by atoms with Gasteiger partial charge in [-0.15, -0.1) is 0 Å². The molecule has 1 aliphatic carbocycles. The molecule has 0 fully saturated rings. The number of carbonyl (C=O) groups is 1. The second kappa shape index (κ2) is 3.42. The minimum atomic E-state index is 0.0995. The maximum Gasteiger partial charge on any atom is 0.159 e. The monoisotopic (exact) mass is 204 g/mol. The summed E-state index contributed by atoms with van der Waals surface area (Å²) in [5.41, 5.74) is 2.10. The molecule has 0 heterocycles. The summed E-state index contributed by atoms with van der Waals surface area (Å²) in [7, 11) is 0. The summed E-state index contributed by atoms with van der Waals surface area (Å²) < 4.78 is 0. The van der Waals surface area contributed by atoms with Crippen LogP contribution in [0.2, 0.25) is 0 Å². The Balaban J connectivity index is 2.55. The Morgan fingerprint density at radius 1 is 1.20 bits per heavy atom. The topological polar surface area (TPSA) is 57.5 Å². The van der Waals surface area contributed by atoms with Crippen LogP contribution in [0.15, 0.2) is 23.8 Å². The van der Waals surface area contributed by atoms with Crippen molar-refractivity contribution in [2.24, 2.45) is 0 Å². The number of ketones is 1. The van der Waals surface area contributed by atoms with Crippen molar-refractivity contribution < 1.29 is 15.0 Å². The van der Waals surface area contributed by atoms with Gasteiger partial charge in [-0.2, -0.15) is 0 Å². The summed E-state index contributed by atoms with van der Waals surface area (Å²) in [5, 5.41) is 19.0. The predicted octanol–water partition coefficient (Wildman–Crippen LogP) is 2.23. The van der Waals surface area contributed by atoms with E-state index in [0.717, 1.165) is 5.57 Å². The average Bonchev–Trinajstić information content (AvgIpc) is 2.52. The van der Waals surface area contributed by atoms with Gasteiger partial charge in [0.05, 0.1) is 0 Å². The molecule has 0 atom stereocenters. The molecular weight excluding hydrogens is 192 g/mol. The maximum atomic E-state index is 11.4. The maximum absolute atomic E-state index is 11.4. The molecule has 1 aromatic carbocycles. The first-order valence-corrected chi connectivity index (χ1v) is 4.85. The lowest BCUT2D eigenvalue weighted by atomic mass is 10.0. The van der Waals surface area contributed by atoms with Gasteiger partial charge in [-0.3, -0.25) is 4.79 Å². The van der Waals surface area contributed by atoms with Crippen molar-refractivity contribution in [3.8, 4) is 11.5 Å². The number of benzene rings is 1. The van der Waals surface area contributed by atoms with Crippen LogP contribution in [-0.2, 0) is 4.79 Å². The number of aromatic hydroxyl groups is 2. The number of carbonyl (C=O) groups excluding carboxylic acids is 1. The average molecular weight is 204 g/mol. The molecule has 0 aromatic heterocycles. The molecule has 0 unspecified atom stereocenters. The van der Waals surface area contributed by atoms with Gasteiger partial charge >= 0.3 is 0 Å². The Labute approximate surface area is 87.7 Å². The number of rotatable bonds is 1. The van der Waals surface area contributed by atoms with Crippen molar-refractivity contribution in [2.45, 2.75) is 19.8 Å². The van der Waals surface area contributed by atoms with E-state index in [1.54, 1.807) is 6.92 Å². The zero-order chi connectivity index (χ0) is 11.0. The second-order valence-corrected chi connectivity index (χ2v) is 3.73. The summed E-state index contributed by atoms with van der Waals surface area (Å²) in [6.45, 7) is 1.76. The van der Waals surface area contributed by atoms with E-state index in [-0.39, 0.29) is 17.3 Å². The summed E-state index contributed by atoms with van der Waals surface area (Å²) in [6, 6.07) is 4.35. The highest BCUT2D eigenvalue weighted by Gasteiger charge is 2.22. The van der Waals surface area contributed by atoms with Crippen molar-refractivity contribution in [3.05, 3.63) is 29.3 Å². The number of phenolic OH excluding ortho intramolecular Hbond substituents is 2. The van der Waals surface area contributed by atoms with E-state index >= 15 is 0 Å². The molecule has 0 saturated heterocycles. The largest absolute Gasteiger partial charge is 0.508 e. The number of Topliss-reactive ketones (excluding diaryl/α,β-unsaturated/α-hetero) is 1. The fourth-order valence-corrected chi connectivity index (χ4v) is 1.88. The van der Waals surface area contributed by atoms with Crippen molar-refractivity contribution in [3.63, 3.8) is 0 Å². The second-order valence-electron chi connectivity index (χ2n) is 3.73. The van der Waals surface area contributed by atoms with E-state index in [9.17, 15) is 15.0 Å². The van der Waals surface area contributed by atoms with Gasteiger partial charge < -0.3 is 10.2 Å². The van der Waals surface area contributed by atoms with Crippen LogP contribution in [0, 0.1) is 0 Å². The van der Waals surface area contributed by atoms with E-state index in [2.05, 4.69) is 0 Å². The van der Waals surface area contributed by atoms with Crippen LogP contribution in [0.1, 0.15) is 25.3 Å². The van der Waals surface area contributed by atoms with Crippen molar-refractivity contribution in [1.29, 1.82) is 0 Å². The first-order chi connectivity index (χ1) is 7.09. The number of allylic oxidation sites excluding steroid dienone is 2. The Morgan fingerprint density at radius 2 is 1.93 bits per heavy atom. The fourth-order valence-electron chi connectivity index (χ4n) is 1.88. The molecule has 0 aliphatic heterocycles. The smallest absolute Gasteiger partial charge is 0.159 e. The van der Waals surface area contributed by atoms with Crippen molar-refractivity contribution in [2.75, 3.05) is 0 Å². The lowest BCUT2D eigenvalue weighted by Crippen LogP contribution is -1.90. The summed E-state index contributed by atoms with van der Waals surface area (Å²) in [4.78, 5) is 11.4. The van der Waals surface area contributed by atoms with Crippen LogP contribution < -0.4 is 0 Å². The summed E-state index contributed by atoms with van der Waals surface area (Å²) in [6.07, 6.45) is 1.14. The summed E-state index contributed by atoms with van der Waals surface area (Å²) >= 11 is 0. The van der Waals surface area contributed by atoms with Crippen LogP contribution in [-0.4, -0.2) is 16.0 Å². The molecule has 0 amide bonds. The molecule has 2 N–H and O–H groups in total. The first kappa shape index (κ1) is 9.77. The van der Waals surface area contributed by atoms with Gasteiger partial charge in [-0.1, -0.05) is 0 Å². The quantitative estimate of drug-likeness (QED) is 0.690. The molecule has 0 radical (unpaired) electrons. The molecule has 1 aliphatic rings. The zero-order valence-electron chi connectivity index (χ0n) is 8.45. The standard InChI is InChI=1S/C12H12O3/c1-7-9(3-5-11(7)14)10-6-8(13)2-4-12(10)15/h2,4,6,13,15H,3,5H2,1H3. The Morgan fingerprint density at radius 3 is 2.53 bits per heavy atom. The normalized spacial score (nSPS) is 16.2. The minimum absolute atomic E-state index is 0.0995. The van der Waals surface area contributed by atoms with E-state index in [1.165, 1.54) is 18.2 Å². The molecule has 0 saturated carbocycles. The van der Waals surface area contributed by atoms with Crippen LogP contribution in [0.3, 0.4) is 0 Å². The molecule has 2 rings (SSSR count). The van der Waals surface area contributed by atoms with Crippen molar-refractivity contribution in [1.82, 2.24) is 0 Å². The van der Waals surface area contributed by atoms with E-state index in [1.807, 2.05) is 0 Å². The van der Waals surface area contributed by atoms with Crippen molar-refractivity contribution >= 4 is 11.4 Å². The third-order valence-corrected chi connectivity index (χ3v) is 2.78. The number of hydrogen-bond acceptors (Lipinski definition) is 3. The highest BCUT2D eigenvalue weighted by atomic mass is 16.3. The molecule has 1 aromatic rings. The Hall–Kier alpha value is -1.77. The van der Waals surface area contributed by atoms with Gasteiger partial charge in [0.25, 0.3) is 0 Å². The van der Waals surface area contributed by atoms with Crippen LogP contribution in [0.5, 0.6) is 11.5 Å². The SMILES string of the molecule is CC1=C(c2cc(O)ccc2O)CCC1=O. The third-order valence-electron chi connectivity index (χ3n) is 2.78. The zero-order valence-corrected chi connectivity index (χ0v) is 8.45. The Kier molecular flexibility index (Phi) is 2.23. The molecule has 0 bridgehead atoms. The van der Waals surface area contributed by atoms with E-state index in [4.69, 9.17) is 0 Å². The highest BCUT2D eigenvalue weighted by Crippen LogP contribution is 2.37. The van der Waals surface area contributed by atoms with E-state index in [0.29, 0.717) is 24.0 Å². The predicted molar refractivity (Wildman–Crippen MR) is 56.6 cm³/mol. The van der Waals surface area contributed by atoms with Crippen LogP contribution in [0.25, 0.3) is 5.57 Å². The highest BCUT2D eigenvalue weighted by molar-refractivity contribution is 6.07. The first-order valence-electron chi connectivity index (χ1n) is 4.85. The lowest BCUT2D eigenvalue weighted by Gasteiger charge is -2.06. The van der Waals surface area contributed by atoms with Gasteiger partial charge in [-0.05, 0) is 42.7 Å². The van der Waals surface area contributed by atoms with Gasteiger partial charge in [0, 0.05) is 12.0 Å². The number of hydrogen-bond donors (Lipinski definition) is 2. The molecule has 0 spiro atoms. The molecular formula is C12H12O3. The summed E-state index contributed by atoms with van der Waals surface area (Å²) in [5.74, 6) is 0.326.